The van der Waals surface area contributed by atoms with Crippen LogP contribution in [0.2, 0.25) is 0 Å². The fourth-order valence-corrected chi connectivity index (χ4v) is 0.758. The van der Waals surface area contributed by atoms with E-state index in [1.165, 1.54) is 6.07 Å². The summed E-state index contributed by atoms with van der Waals surface area (Å²) in [6, 6.07) is 1.46. The molecule has 0 saturated heterocycles. The first-order chi connectivity index (χ1) is 5.63. The number of allylic oxidation sites excluding steroid dienone is 1. The third-order valence-corrected chi connectivity index (χ3v) is 1.37. The fraction of sp³-hybridized carbons (Fsp3) is 0. The maximum atomic E-state index is 10.7. The number of nitrogens with zero attached hydrogens (tertiary/aromatic N) is 1. The Morgan fingerprint density at radius 2 is 2.00 bits per heavy atom. The van der Waals surface area contributed by atoms with Crippen molar-refractivity contribution in [2.45, 2.75) is 0 Å². The van der Waals surface area contributed by atoms with E-state index in [1.54, 1.807) is 5.87 Å². The third-order valence-electron chi connectivity index (χ3n) is 1.37. The fourth-order valence-electron chi connectivity index (χ4n) is 0.758. The van der Waals surface area contributed by atoms with Gasteiger partial charge in [0, 0.05) is 0 Å². The molecule has 0 fully saturated rings. The molecule has 0 bridgehead atoms. The van der Waals surface area contributed by atoms with E-state index in [1.807, 2.05) is 0 Å². The van der Waals surface area contributed by atoms with Crippen molar-refractivity contribution in [2.75, 3.05) is 0 Å². The molecule has 5 nitrogen and oxygen atoms in total. The van der Waals surface area contributed by atoms with Gasteiger partial charge in [0.2, 0.25) is 5.43 Å². The smallest absolute Gasteiger partial charge is 0.268 e. The molecule has 0 unspecified atom stereocenters. The second-order valence-corrected chi connectivity index (χ2v) is 1.99. The lowest BCUT2D eigenvalue weighted by Crippen LogP contribution is -2.33. The van der Waals surface area contributed by atoms with E-state index in [0.29, 0.717) is 0 Å². The van der Waals surface area contributed by atoms with E-state index < -0.39 is 27.7 Å². The molecule has 0 amide bonds. The Balaban J connectivity index is 3.46. The van der Waals surface area contributed by atoms with E-state index in [2.05, 4.69) is 0 Å². The maximum Gasteiger partial charge on any atom is 0.268 e. The summed E-state index contributed by atoms with van der Waals surface area (Å²) in [7, 11) is 0. The van der Waals surface area contributed by atoms with E-state index in [4.69, 9.17) is 15.8 Å². The molecule has 0 aliphatic carbocycles. The number of rotatable bonds is 1. The molecule has 12 heavy (non-hydrogen) atoms. The highest BCUT2D eigenvalue weighted by Crippen LogP contribution is 2.15. The second-order valence-electron chi connectivity index (χ2n) is 1.99. The van der Waals surface area contributed by atoms with Gasteiger partial charge in [-0.15, -0.1) is 0 Å². The average Bonchev–Trinajstić information content (AvgIpc) is 2.12. The van der Waals surface area contributed by atoms with Gasteiger partial charge in [-0.3, -0.25) is 15.0 Å². The lowest BCUT2D eigenvalue weighted by molar-refractivity contribution is 0.461. The van der Waals surface area contributed by atoms with Crippen molar-refractivity contribution >= 4 is 11.4 Å². The topological polar surface area (TPSA) is 102 Å². The number of hydrogen-bond acceptors (Lipinski definition) is 5. The molecule has 58 valence electrons. The number of hydrogen-bond donors (Lipinski definition) is 2. The van der Waals surface area contributed by atoms with Crippen LogP contribution in [0.1, 0.15) is 5.56 Å². The maximum absolute atomic E-state index is 10.7. The minimum atomic E-state index is -1.02. The number of nitrogens with one attached hydrogen (secondary N) is 1. The summed E-state index contributed by atoms with van der Waals surface area (Å²) in [5, 5.41) is 23.7. The predicted molar refractivity (Wildman–Crippen MR) is 39.8 cm³/mol. The standard InChI is InChI=1S/C7H2N2O3/c8-1-3(2-9)4-5(10)7(12)6(4)11/h8,10H. The van der Waals surface area contributed by atoms with Crippen molar-refractivity contribution in [1.82, 2.24) is 0 Å². The predicted octanol–water partition coefficient (Wildman–Crippen LogP) is -0.856. The Morgan fingerprint density at radius 3 is 2.33 bits per heavy atom. The Labute approximate surface area is 66.0 Å². The van der Waals surface area contributed by atoms with Gasteiger partial charge in [-0.25, -0.2) is 0 Å². The van der Waals surface area contributed by atoms with Gasteiger partial charge in [0.25, 0.3) is 5.43 Å². The van der Waals surface area contributed by atoms with Crippen LogP contribution in [0.25, 0.3) is 5.57 Å². The average molecular weight is 162 g/mol. The van der Waals surface area contributed by atoms with Crippen LogP contribution in [0, 0.1) is 16.7 Å². The molecule has 1 aromatic rings. The molecule has 0 aromatic heterocycles. The number of nitriles is 1. The summed E-state index contributed by atoms with van der Waals surface area (Å²) < 4.78 is 0. The first-order valence-corrected chi connectivity index (χ1v) is 2.86. The van der Waals surface area contributed by atoms with E-state index in [0.717, 1.165) is 0 Å². The van der Waals surface area contributed by atoms with Gasteiger partial charge in [-0.1, -0.05) is 0 Å². The zero-order chi connectivity index (χ0) is 9.30. The summed E-state index contributed by atoms with van der Waals surface area (Å²) >= 11 is 0. The van der Waals surface area contributed by atoms with Crippen molar-refractivity contribution in [2.24, 2.45) is 0 Å². The number of aromatic hydroxyl groups is 1. The van der Waals surface area contributed by atoms with Gasteiger partial charge in [-0.2, -0.15) is 5.26 Å². The SMILES string of the molecule is N#CC(=C=N)c1c(O)c(=O)c1=O. The van der Waals surface area contributed by atoms with Gasteiger partial charge in [0.1, 0.15) is 11.6 Å². The molecule has 0 heterocycles. The molecule has 0 aliphatic rings. The molecule has 0 saturated carbocycles. The molecule has 2 N–H and O–H groups in total. The highest BCUT2D eigenvalue weighted by molar-refractivity contribution is 5.98. The van der Waals surface area contributed by atoms with E-state index in [-0.39, 0.29) is 0 Å². The molecule has 5 heteroatoms. The van der Waals surface area contributed by atoms with Crippen molar-refractivity contribution in [3.8, 4) is 11.8 Å². The second kappa shape index (κ2) is 2.46. The zero-order valence-electron chi connectivity index (χ0n) is 5.71. The minimum absolute atomic E-state index is 0.405. The molecule has 0 radical (unpaired) electrons. The molecular formula is C7H2N2O3. The van der Waals surface area contributed by atoms with Gasteiger partial charge < -0.3 is 5.11 Å². The monoisotopic (exact) mass is 162 g/mol. The zero-order valence-corrected chi connectivity index (χ0v) is 5.71. The lowest BCUT2D eigenvalue weighted by Gasteiger charge is -1.99. The van der Waals surface area contributed by atoms with Crippen molar-refractivity contribution in [3.63, 3.8) is 0 Å². The van der Waals surface area contributed by atoms with Crippen LogP contribution in [0.4, 0.5) is 0 Å². The van der Waals surface area contributed by atoms with Gasteiger partial charge in [0.15, 0.2) is 5.75 Å². The molecule has 1 rings (SSSR count). The quantitative estimate of drug-likeness (QED) is 0.318. The normalized spacial score (nSPS) is 8.92. The highest BCUT2D eigenvalue weighted by Gasteiger charge is 2.23. The van der Waals surface area contributed by atoms with Crippen LogP contribution in [-0.2, 0) is 0 Å². The van der Waals surface area contributed by atoms with Gasteiger partial charge >= 0.3 is 0 Å². The molecule has 0 aliphatic heterocycles. The van der Waals surface area contributed by atoms with Gasteiger partial charge in [-0.05, 0) is 5.87 Å². The van der Waals surface area contributed by atoms with Crippen molar-refractivity contribution < 1.29 is 5.11 Å². The van der Waals surface area contributed by atoms with Crippen LogP contribution in [0.3, 0.4) is 0 Å². The summed E-state index contributed by atoms with van der Waals surface area (Å²) in [5.41, 5.74) is -2.79. The molecular weight excluding hydrogens is 160 g/mol. The Bertz CT molecular complexity index is 493. The largest absolute Gasteiger partial charge is 0.503 e. The highest BCUT2D eigenvalue weighted by atomic mass is 16.3. The van der Waals surface area contributed by atoms with Crippen molar-refractivity contribution in [3.05, 3.63) is 26.0 Å². The Hall–Kier alpha value is -2.18. The summed E-state index contributed by atoms with van der Waals surface area (Å²) in [6.45, 7) is 0. The summed E-state index contributed by atoms with van der Waals surface area (Å²) in [5.74, 6) is 0.896. The van der Waals surface area contributed by atoms with Crippen LogP contribution < -0.4 is 10.9 Å². The molecule has 0 spiro atoms. The lowest BCUT2D eigenvalue weighted by atomic mass is 10.0. The van der Waals surface area contributed by atoms with Crippen LogP contribution in [-0.4, -0.2) is 11.0 Å². The first-order valence-electron chi connectivity index (χ1n) is 2.86. The summed E-state index contributed by atoms with van der Waals surface area (Å²) in [4.78, 5) is 21.1. The van der Waals surface area contributed by atoms with Crippen molar-refractivity contribution in [1.29, 1.82) is 10.7 Å². The van der Waals surface area contributed by atoms with Gasteiger partial charge in [0.05, 0.1) is 5.56 Å². The van der Waals surface area contributed by atoms with Crippen LogP contribution >= 0.6 is 0 Å². The minimum Gasteiger partial charge on any atom is -0.503 e. The molecule has 0 atom stereocenters. The third kappa shape index (κ3) is 0.764. The van der Waals surface area contributed by atoms with Crippen LogP contribution in [0.5, 0.6) is 5.75 Å². The molecule has 1 aromatic carbocycles. The Morgan fingerprint density at radius 1 is 1.42 bits per heavy atom. The Kier molecular flexibility index (Phi) is 1.62. The first kappa shape index (κ1) is 7.92. The van der Waals surface area contributed by atoms with Crippen LogP contribution in [0.15, 0.2) is 9.59 Å². The van der Waals surface area contributed by atoms with E-state index >= 15 is 0 Å². The summed E-state index contributed by atoms with van der Waals surface area (Å²) in [6.07, 6.45) is 0. The van der Waals surface area contributed by atoms with E-state index in [9.17, 15) is 9.59 Å².